The Morgan fingerprint density at radius 2 is 2.07 bits per heavy atom. The Bertz CT molecular complexity index is 1130. The monoisotopic (exact) mass is 428 g/mol. The Morgan fingerprint density at radius 1 is 1.23 bits per heavy atom. The molecule has 1 unspecified atom stereocenters. The van der Waals surface area contributed by atoms with Gasteiger partial charge in [0.05, 0.1) is 0 Å². The Kier molecular flexibility index (Phi) is 5.77. The molecule has 0 spiro atoms. The molecule has 1 aromatic heterocycles. The molecule has 3 aromatic rings. The molecular weight excluding hydrogens is 407 g/mol. The lowest BCUT2D eigenvalue weighted by atomic mass is 9.91. The normalized spacial score (nSPS) is 15.7. The highest BCUT2D eigenvalue weighted by atomic mass is 35.5. The number of amides is 1. The minimum atomic E-state index is -0.935. The number of rotatable bonds is 6. The number of carbonyl (C=O) groups is 2. The number of nitrogens with zero attached hydrogens (tertiary/aromatic N) is 1. The molecule has 30 heavy (non-hydrogen) atoms. The Hall–Kier alpha value is -2.86. The zero-order valence-electron chi connectivity index (χ0n) is 16.3. The van der Waals surface area contributed by atoms with Gasteiger partial charge in [-0.25, -0.2) is 4.39 Å². The van der Waals surface area contributed by atoms with Gasteiger partial charge in [-0.15, -0.1) is 0 Å². The smallest absolute Gasteiger partial charge is 0.323 e. The third-order valence-corrected chi connectivity index (χ3v) is 5.85. The summed E-state index contributed by atoms with van der Waals surface area (Å²) in [6.07, 6.45) is 2.88. The minimum Gasteiger partial charge on any atom is -0.480 e. The summed E-state index contributed by atoms with van der Waals surface area (Å²) in [5.41, 5.74) is 3.58. The number of hydrogen-bond acceptors (Lipinski definition) is 2. The van der Waals surface area contributed by atoms with Crippen LogP contribution in [0.1, 0.15) is 29.7 Å². The van der Waals surface area contributed by atoms with Crippen LogP contribution in [0.15, 0.2) is 42.5 Å². The van der Waals surface area contributed by atoms with E-state index in [-0.39, 0.29) is 24.3 Å². The maximum absolute atomic E-state index is 13.9. The number of fused-ring (bicyclic) bond motifs is 3. The van der Waals surface area contributed by atoms with Crippen molar-refractivity contribution >= 4 is 34.4 Å². The second kappa shape index (κ2) is 8.48. The number of hydrogen-bond donors (Lipinski definition) is 2. The van der Waals surface area contributed by atoms with Gasteiger partial charge in [-0.1, -0.05) is 23.7 Å². The van der Waals surface area contributed by atoms with Crippen LogP contribution in [0.3, 0.4) is 0 Å². The van der Waals surface area contributed by atoms with Crippen molar-refractivity contribution in [3.63, 3.8) is 0 Å². The van der Waals surface area contributed by atoms with Crippen molar-refractivity contribution < 1.29 is 19.1 Å². The predicted molar refractivity (Wildman–Crippen MR) is 113 cm³/mol. The number of aromatic nitrogens is 1. The summed E-state index contributed by atoms with van der Waals surface area (Å²) >= 11 is 5.99. The molecule has 0 bridgehead atoms. The van der Waals surface area contributed by atoms with Crippen LogP contribution in [-0.2, 0) is 35.4 Å². The summed E-state index contributed by atoms with van der Waals surface area (Å²) in [5.74, 6) is -1.33. The molecule has 0 radical (unpaired) electrons. The first-order chi connectivity index (χ1) is 14.4. The number of carbonyl (C=O) groups excluding carboxylic acids is 1. The molecule has 1 heterocycles. The summed E-state index contributed by atoms with van der Waals surface area (Å²) < 4.78 is 15.6. The molecule has 7 heteroatoms. The molecule has 2 aromatic carbocycles. The molecule has 0 saturated carbocycles. The lowest BCUT2D eigenvalue weighted by molar-refractivity contribution is -0.137. The van der Waals surface area contributed by atoms with Crippen molar-refractivity contribution in [1.29, 1.82) is 0 Å². The first-order valence-electron chi connectivity index (χ1n) is 9.96. The molecule has 0 aliphatic heterocycles. The second-order valence-corrected chi connectivity index (χ2v) is 8.14. The van der Waals surface area contributed by atoms with Gasteiger partial charge in [-0.3, -0.25) is 9.59 Å². The molecule has 4 rings (SSSR count). The third kappa shape index (κ3) is 4.33. The van der Waals surface area contributed by atoms with Crippen molar-refractivity contribution in [2.24, 2.45) is 0 Å². The zero-order chi connectivity index (χ0) is 21.3. The lowest BCUT2D eigenvalue weighted by Gasteiger charge is -2.25. The SMILES string of the molecule is O=C(O)Cn1c2c(c3cc(F)ccc31)CC(NC(=O)CCc1cccc(Cl)c1)CC2. The summed E-state index contributed by atoms with van der Waals surface area (Å²) in [6, 6.07) is 11.8. The van der Waals surface area contributed by atoms with Crippen molar-refractivity contribution in [2.45, 2.75) is 44.7 Å². The van der Waals surface area contributed by atoms with E-state index < -0.39 is 5.97 Å². The van der Waals surface area contributed by atoms with Gasteiger partial charge in [-0.2, -0.15) is 0 Å². The van der Waals surface area contributed by atoms with Crippen molar-refractivity contribution in [3.8, 4) is 0 Å². The summed E-state index contributed by atoms with van der Waals surface area (Å²) in [6.45, 7) is -0.159. The quantitative estimate of drug-likeness (QED) is 0.620. The first kappa shape index (κ1) is 20.4. The largest absolute Gasteiger partial charge is 0.480 e. The second-order valence-electron chi connectivity index (χ2n) is 7.70. The highest BCUT2D eigenvalue weighted by Crippen LogP contribution is 2.33. The van der Waals surface area contributed by atoms with Crippen LogP contribution in [0.25, 0.3) is 10.9 Å². The van der Waals surface area contributed by atoms with E-state index in [4.69, 9.17) is 11.6 Å². The fourth-order valence-corrected chi connectivity index (χ4v) is 4.52. The Morgan fingerprint density at radius 3 is 2.83 bits per heavy atom. The molecule has 1 aliphatic rings. The van der Waals surface area contributed by atoms with E-state index in [1.165, 1.54) is 12.1 Å². The number of benzene rings is 2. The number of carboxylic acid groups (broad SMARTS) is 1. The lowest BCUT2D eigenvalue weighted by Crippen LogP contribution is -2.39. The molecule has 156 valence electrons. The molecular formula is C23H22ClFN2O3. The van der Waals surface area contributed by atoms with Crippen LogP contribution in [0, 0.1) is 5.82 Å². The highest BCUT2D eigenvalue weighted by Gasteiger charge is 2.27. The minimum absolute atomic E-state index is 0.0381. The molecule has 1 aliphatic carbocycles. The maximum atomic E-state index is 13.9. The fraction of sp³-hybridized carbons (Fsp3) is 0.304. The van der Waals surface area contributed by atoms with E-state index in [1.807, 2.05) is 18.2 Å². The summed E-state index contributed by atoms with van der Waals surface area (Å²) in [7, 11) is 0. The van der Waals surface area contributed by atoms with Gasteiger partial charge in [0.1, 0.15) is 12.4 Å². The predicted octanol–water partition coefficient (Wildman–Crippen LogP) is 4.12. The van der Waals surface area contributed by atoms with Crippen LogP contribution < -0.4 is 5.32 Å². The first-order valence-corrected chi connectivity index (χ1v) is 10.3. The Balaban J connectivity index is 1.49. The van der Waals surface area contributed by atoms with Crippen LogP contribution in [0.4, 0.5) is 4.39 Å². The summed E-state index contributed by atoms with van der Waals surface area (Å²) in [4.78, 5) is 23.8. The van der Waals surface area contributed by atoms with E-state index in [2.05, 4.69) is 5.32 Å². The van der Waals surface area contributed by atoms with Crippen LogP contribution in [-0.4, -0.2) is 27.6 Å². The van der Waals surface area contributed by atoms with E-state index in [0.717, 1.165) is 27.7 Å². The topological polar surface area (TPSA) is 71.3 Å². The number of aryl methyl sites for hydroxylation is 1. The average molecular weight is 429 g/mol. The molecule has 1 atom stereocenters. The van der Waals surface area contributed by atoms with Gasteiger partial charge in [-0.05, 0) is 67.1 Å². The standard InChI is InChI=1S/C23H22ClFN2O3/c24-15-3-1-2-14(10-15)4-9-22(28)26-17-6-8-21-19(12-17)18-11-16(25)5-7-20(18)27(21)13-23(29)30/h1-3,5,7,10-11,17H,4,6,8-9,12-13H2,(H,26,28)(H,29,30). The van der Waals surface area contributed by atoms with Gasteiger partial charge in [0.25, 0.3) is 0 Å². The fourth-order valence-electron chi connectivity index (χ4n) is 4.31. The van der Waals surface area contributed by atoms with Gasteiger partial charge in [0, 0.05) is 34.1 Å². The van der Waals surface area contributed by atoms with Gasteiger partial charge >= 0.3 is 5.97 Å². The summed E-state index contributed by atoms with van der Waals surface area (Å²) in [5, 5.41) is 13.7. The zero-order valence-corrected chi connectivity index (χ0v) is 17.1. The average Bonchev–Trinajstić information content (AvgIpc) is 2.98. The molecule has 2 N–H and O–H groups in total. The van der Waals surface area contributed by atoms with E-state index in [1.54, 1.807) is 16.7 Å². The number of nitrogens with one attached hydrogen (secondary N) is 1. The van der Waals surface area contributed by atoms with E-state index >= 15 is 0 Å². The van der Waals surface area contributed by atoms with Crippen LogP contribution >= 0.6 is 11.6 Å². The van der Waals surface area contributed by atoms with Gasteiger partial charge in [0.15, 0.2) is 0 Å². The van der Waals surface area contributed by atoms with Gasteiger partial charge in [0.2, 0.25) is 5.91 Å². The van der Waals surface area contributed by atoms with Crippen molar-refractivity contribution in [3.05, 3.63) is 70.1 Å². The van der Waals surface area contributed by atoms with Crippen LogP contribution in [0.2, 0.25) is 5.02 Å². The number of aliphatic carboxylic acids is 1. The third-order valence-electron chi connectivity index (χ3n) is 5.62. The Labute approximate surface area is 178 Å². The molecule has 1 amide bonds. The van der Waals surface area contributed by atoms with E-state index in [0.29, 0.717) is 37.1 Å². The molecule has 5 nitrogen and oxygen atoms in total. The highest BCUT2D eigenvalue weighted by molar-refractivity contribution is 6.30. The maximum Gasteiger partial charge on any atom is 0.323 e. The number of halogens is 2. The van der Waals surface area contributed by atoms with Gasteiger partial charge < -0.3 is 15.0 Å². The van der Waals surface area contributed by atoms with E-state index in [9.17, 15) is 19.1 Å². The van der Waals surface area contributed by atoms with Crippen molar-refractivity contribution in [2.75, 3.05) is 0 Å². The van der Waals surface area contributed by atoms with Crippen LogP contribution in [0.5, 0.6) is 0 Å². The molecule has 0 fully saturated rings. The number of carboxylic acids is 1. The van der Waals surface area contributed by atoms with Crippen molar-refractivity contribution in [1.82, 2.24) is 9.88 Å². The molecule has 0 saturated heterocycles.